The van der Waals surface area contributed by atoms with Gasteiger partial charge < -0.3 is 21.0 Å². The zero-order valence-electron chi connectivity index (χ0n) is 8.05. The minimum absolute atomic E-state index is 0.0410. The number of aldehydes is 1. The van der Waals surface area contributed by atoms with Gasteiger partial charge in [-0.2, -0.15) is 12.6 Å². The van der Waals surface area contributed by atoms with Crippen LogP contribution in [0.25, 0.3) is 0 Å². The van der Waals surface area contributed by atoms with Crippen LogP contribution in [0.5, 0.6) is 0 Å². The highest BCUT2D eigenvalue weighted by atomic mass is 32.1. The highest BCUT2D eigenvalue weighted by Crippen LogP contribution is 1.95. The van der Waals surface area contributed by atoms with Gasteiger partial charge in [0, 0.05) is 12.2 Å². The largest absolute Gasteiger partial charge is 0.481 e. The first-order valence-electron chi connectivity index (χ1n) is 4.35. The number of thiol groups is 1. The molecule has 2 unspecified atom stereocenters. The van der Waals surface area contributed by atoms with E-state index in [4.69, 9.17) is 10.8 Å². The van der Waals surface area contributed by atoms with Crippen molar-refractivity contribution in [2.24, 2.45) is 5.73 Å². The number of carboxylic acid groups (broad SMARTS) is 1. The Morgan fingerprint density at radius 1 is 1.53 bits per heavy atom. The van der Waals surface area contributed by atoms with Gasteiger partial charge in [0.05, 0.1) is 12.1 Å². The molecule has 0 aliphatic carbocycles. The number of nitrogens with one attached hydrogen (secondary N) is 1. The number of nitrogens with two attached hydrogens (primary N) is 1. The summed E-state index contributed by atoms with van der Waals surface area (Å²) in [6, 6.07) is -1.60. The molecule has 0 saturated heterocycles. The van der Waals surface area contributed by atoms with E-state index in [0.29, 0.717) is 6.29 Å². The summed E-state index contributed by atoms with van der Waals surface area (Å²) >= 11 is 3.84. The molecule has 7 heteroatoms. The van der Waals surface area contributed by atoms with Gasteiger partial charge in [-0.15, -0.1) is 0 Å². The van der Waals surface area contributed by atoms with Gasteiger partial charge >= 0.3 is 5.97 Å². The molecule has 0 spiro atoms. The molecule has 1 amide bonds. The Bertz CT molecular complexity index is 247. The van der Waals surface area contributed by atoms with Gasteiger partial charge in [-0.3, -0.25) is 9.59 Å². The third-order valence-corrected chi connectivity index (χ3v) is 2.09. The first-order chi connectivity index (χ1) is 7.01. The zero-order valence-corrected chi connectivity index (χ0v) is 8.94. The highest BCUT2D eigenvalue weighted by Gasteiger charge is 2.17. The average molecular weight is 234 g/mol. The molecule has 0 saturated carbocycles. The van der Waals surface area contributed by atoms with E-state index in [9.17, 15) is 14.4 Å². The van der Waals surface area contributed by atoms with Gasteiger partial charge in [-0.1, -0.05) is 0 Å². The Balaban J connectivity index is 3.97. The number of aliphatic carboxylic acids is 1. The smallest absolute Gasteiger partial charge is 0.303 e. The van der Waals surface area contributed by atoms with Gasteiger partial charge in [0.15, 0.2) is 0 Å². The summed E-state index contributed by atoms with van der Waals surface area (Å²) in [5.41, 5.74) is 5.41. The normalized spacial score (nSPS) is 14.0. The molecule has 4 N–H and O–H groups in total. The number of hydrogen-bond acceptors (Lipinski definition) is 5. The lowest BCUT2D eigenvalue weighted by molar-refractivity contribution is -0.137. The van der Waals surface area contributed by atoms with Crippen molar-refractivity contribution in [1.82, 2.24) is 5.32 Å². The molecule has 15 heavy (non-hydrogen) atoms. The van der Waals surface area contributed by atoms with Crippen LogP contribution in [0, 0.1) is 0 Å². The topological polar surface area (TPSA) is 109 Å². The molecule has 0 heterocycles. The molecular formula is C8H14N2O4S. The zero-order chi connectivity index (χ0) is 11.8. The number of carbonyl (C=O) groups is 3. The molecular weight excluding hydrogens is 220 g/mol. The lowest BCUT2D eigenvalue weighted by atomic mass is 10.1. The molecule has 0 bridgehead atoms. The van der Waals surface area contributed by atoms with Gasteiger partial charge in [0.1, 0.15) is 6.29 Å². The summed E-state index contributed by atoms with van der Waals surface area (Å²) in [7, 11) is 0. The monoisotopic (exact) mass is 234 g/mol. The Labute approximate surface area is 92.6 Å². The maximum Gasteiger partial charge on any atom is 0.303 e. The Morgan fingerprint density at radius 2 is 2.13 bits per heavy atom. The van der Waals surface area contributed by atoms with Crippen molar-refractivity contribution < 1.29 is 19.5 Å². The third-order valence-electron chi connectivity index (χ3n) is 1.69. The number of carbonyl (C=O) groups excluding carboxylic acids is 2. The van der Waals surface area contributed by atoms with Crippen molar-refractivity contribution in [2.75, 3.05) is 5.75 Å². The Hall–Kier alpha value is -1.08. The Kier molecular flexibility index (Phi) is 6.72. The van der Waals surface area contributed by atoms with Crippen molar-refractivity contribution in [3.05, 3.63) is 0 Å². The van der Waals surface area contributed by atoms with Crippen LogP contribution in [0.2, 0.25) is 0 Å². The van der Waals surface area contributed by atoms with Crippen LogP contribution in [0.15, 0.2) is 0 Å². The average Bonchev–Trinajstić information content (AvgIpc) is 2.21. The van der Waals surface area contributed by atoms with Crippen LogP contribution in [-0.4, -0.2) is 41.1 Å². The molecule has 0 aromatic rings. The minimum Gasteiger partial charge on any atom is -0.481 e. The van der Waals surface area contributed by atoms with Crippen LogP contribution in [0.1, 0.15) is 12.8 Å². The molecule has 0 rings (SSSR count). The predicted octanol–water partition coefficient (Wildman–Crippen LogP) is -1.21. The van der Waals surface area contributed by atoms with Crippen molar-refractivity contribution in [2.45, 2.75) is 24.9 Å². The lowest BCUT2D eigenvalue weighted by Crippen LogP contribution is -2.46. The second-order valence-corrected chi connectivity index (χ2v) is 3.34. The summed E-state index contributed by atoms with van der Waals surface area (Å²) in [6.07, 6.45) is 0.412. The SMILES string of the molecule is NC(CCC(=O)O)C(=O)NC(C=O)CS. The van der Waals surface area contributed by atoms with Crippen LogP contribution < -0.4 is 11.1 Å². The van der Waals surface area contributed by atoms with Gasteiger partial charge in [-0.05, 0) is 6.42 Å². The summed E-state index contributed by atoms with van der Waals surface area (Å²) in [5, 5.41) is 10.7. The van der Waals surface area contributed by atoms with E-state index in [1.807, 2.05) is 0 Å². The van der Waals surface area contributed by atoms with E-state index >= 15 is 0 Å². The lowest BCUT2D eigenvalue weighted by Gasteiger charge is -2.14. The molecule has 6 nitrogen and oxygen atoms in total. The fourth-order valence-electron chi connectivity index (χ4n) is 0.823. The first-order valence-corrected chi connectivity index (χ1v) is 4.98. The van der Waals surface area contributed by atoms with Gasteiger partial charge in [-0.25, -0.2) is 0 Å². The maximum atomic E-state index is 11.3. The molecule has 0 aliphatic heterocycles. The summed E-state index contributed by atoms with van der Waals surface area (Å²) in [5.74, 6) is -1.37. The van der Waals surface area contributed by atoms with Gasteiger partial charge in [0.2, 0.25) is 5.91 Å². The Morgan fingerprint density at radius 3 is 2.53 bits per heavy atom. The van der Waals surface area contributed by atoms with Crippen molar-refractivity contribution in [3.63, 3.8) is 0 Å². The highest BCUT2D eigenvalue weighted by molar-refractivity contribution is 7.80. The number of amides is 1. The summed E-state index contributed by atoms with van der Waals surface area (Å²) < 4.78 is 0. The van der Waals surface area contributed by atoms with E-state index < -0.39 is 24.0 Å². The third kappa shape index (κ3) is 6.08. The van der Waals surface area contributed by atoms with Crippen molar-refractivity contribution >= 4 is 30.8 Å². The van der Waals surface area contributed by atoms with E-state index in [0.717, 1.165) is 0 Å². The fraction of sp³-hybridized carbons (Fsp3) is 0.625. The van der Waals surface area contributed by atoms with Gasteiger partial charge in [0.25, 0.3) is 0 Å². The number of carboxylic acids is 1. The molecule has 0 aromatic carbocycles. The van der Waals surface area contributed by atoms with Crippen molar-refractivity contribution in [3.8, 4) is 0 Å². The van der Waals surface area contributed by atoms with E-state index in [1.54, 1.807) is 0 Å². The first kappa shape index (κ1) is 13.9. The predicted molar refractivity (Wildman–Crippen MR) is 56.7 cm³/mol. The number of rotatable bonds is 7. The van der Waals surface area contributed by atoms with E-state index in [1.165, 1.54) is 0 Å². The van der Waals surface area contributed by atoms with Crippen LogP contribution in [0.3, 0.4) is 0 Å². The molecule has 86 valence electrons. The quantitative estimate of drug-likeness (QED) is 0.326. The molecule has 0 aromatic heterocycles. The van der Waals surface area contributed by atoms with Crippen LogP contribution in [0.4, 0.5) is 0 Å². The second-order valence-electron chi connectivity index (χ2n) is 2.97. The van der Waals surface area contributed by atoms with Crippen molar-refractivity contribution in [1.29, 1.82) is 0 Å². The maximum absolute atomic E-state index is 11.3. The summed E-state index contributed by atoms with van der Waals surface area (Å²) in [4.78, 5) is 31.8. The van der Waals surface area contributed by atoms with Crippen LogP contribution in [-0.2, 0) is 14.4 Å². The molecule has 0 radical (unpaired) electrons. The molecule has 2 atom stereocenters. The fourth-order valence-corrected chi connectivity index (χ4v) is 1.000. The van der Waals surface area contributed by atoms with E-state index in [-0.39, 0.29) is 18.6 Å². The second kappa shape index (κ2) is 7.24. The van der Waals surface area contributed by atoms with E-state index in [2.05, 4.69) is 17.9 Å². The van der Waals surface area contributed by atoms with Crippen LogP contribution >= 0.6 is 12.6 Å². The minimum atomic E-state index is -1.01. The molecule has 0 aliphatic rings. The molecule has 0 fully saturated rings. The summed E-state index contributed by atoms with van der Waals surface area (Å²) in [6.45, 7) is 0. The standard InChI is InChI=1S/C8H14N2O4S/c9-6(1-2-7(12)13)8(14)10-5(3-11)4-15/h3,5-6,15H,1-2,4,9H2,(H,10,14)(H,12,13). The number of hydrogen-bond donors (Lipinski definition) is 4.